The molecule has 0 bridgehead atoms. The Bertz CT molecular complexity index is 803. The molecule has 0 saturated heterocycles. The van der Waals surface area contributed by atoms with E-state index in [1.165, 1.54) is 22.4 Å². The van der Waals surface area contributed by atoms with Gasteiger partial charge < -0.3 is 4.90 Å². The number of hydrogen-bond donors (Lipinski definition) is 0. The molecule has 5 nitrogen and oxygen atoms in total. The van der Waals surface area contributed by atoms with Crippen LogP contribution in [0.4, 0.5) is 0 Å². The van der Waals surface area contributed by atoms with Crippen LogP contribution in [0.3, 0.4) is 0 Å². The highest BCUT2D eigenvalue weighted by Gasteiger charge is 2.16. The number of carbonyl (C=O) groups excluding carboxylic acids is 1. The topological polar surface area (TPSA) is 55.2 Å². The Morgan fingerprint density at radius 3 is 2.60 bits per heavy atom. The van der Waals surface area contributed by atoms with Crippen molar-refractivity contribution >= 4 is 29.3 Å². The SMILES string of the molecule is CCN(CC)C(=O)Cn1c(SCc2ccccc2Cl)nc(C)cc1=O. The average Bonchev–Trinajstić information content (AvgIpc) is 2.58. The first kappa shape index (κ1) is 19.5. The zero-order chi connectivity index (χ0) is 18.4. The van der Waals surface area contributed by atoms with Gasteiger partial charge >= 0.3 is 0 Å². The van der Waals surface area contributed by atoms with Crippen LogP contribution in [0.25, 0.3) is 0 Å². The lowest BCUT2D eigenvalue weighted by molar-refractivity contribution is -0.131. The van der Waals surface area contributed by atoms with Gasteiger partial charge in [-0.3, -0.25) is 14.2 Å². The predicted molar refractivity (Wildman–Crippen MR) is 102 cm³/mol. The highest BCUT2D eigenvalue weighted by molar-refractivity contribution is 7.98. The van der Waals surface area contributed by atoms with E-state index in [9.17, 15) is 9.59 Å². The van der Waals surface area contributed by atoms with Gasteiger partial charge in [0.2, 0.25) is 5.91 Å². The van der Waals surface area contributed by atoms with Crippen LogP contribution in [-0.2, 0) is 17.1 Å². The van der Waals surface area contributed by atoms with Crippen LogP contribution >= 0.6 is 23.4 Å². The number of aromatic nitrogens is 2. The number of likely N-dealkylation sites (N-methyl/N-ethyl adjacent to an activating group) is 1. The van der Waals surface area contributed by atoms with Crippen LogP contribution in [0.15, 0.2) is 40.3 Å². The van der Waals surface area contributed by atoms with Crippen molar-refractivity contribution in [2.45, 2.75) is 38.2 Å². The number of aryl methyl sites for hydroxylation is 1. The van der Waals surface area contributed by atoms with E-state index >= 15 is 0 Å². The Hall–Kier alpha value is -1.79. The van der Waals surface area contributed by atoms with Gasteiger partial charge in [0.1, 0.15) is 6.54 Å². The van der Waals surface area contributed by atoms with Crippen LogP contribution < -0.4 is 5.56 Å². The molecule has 1 aromatic carbocycles. The number of thioether (sulfide) groups is 1. The van der Waals surface area contributed by atoms with Gasteiger partial charge in [-0.25, -0.2) is 4.98 Å². The van der Waals surface area contributed by atoms with Gasteiger partial charge in [-0.1, -0.05) is 41.6 Å². The molecule has 0 aliphatic carbocycles. The summed E-state index contributed by atoms with van der Waals surface area (Å²) in [6.45, 7) is 6.85. The van der Waals surface area contributed by atoms with Crippen LogP contribution in [0.1, 0.15) is 25.1 Å². The second-order valence-electron chi connectivity index (χ2n) is 5.55. The van der Waals surface area contributed by atoms with Crippen molar-refractivity contribution in [3.8, 4) is 0 Å². The Labute approximate surface area is 157 Å². The van der Waals surface area contributed by atoms with Gasteiger partial charge in [0.05, 0.1) is 0 Å². The summed E-state index contributed by atoms with van der Waals surface area (Å²) < 4.78 is 1.44. The van der Waals surface area contributed by atoms with Crippen LogP contribution in [0.2, 0.25) is 5.02 Å². The molecule has 0 N–H and O–H groups in total. The highest BCUT2D eigenvalue weighted by Crippen LogP contribution is 2.25. The average molecular weight is 380 g/mol. The van der Waals surface area contributed by atoms with E-state index in [4.69, 9.17) is 11.6 Å². The van der Waals surface area contributed by atoms with Crippen molar-refractivity contribution in [1.29, 1.82) is 0 Å². The van der Waals surface area contributed by atoms with E-state index in [0.29, 0.717) is 34.7 Å². The van der Waals surface area contributed by atoms with Gasteiger partial charge in [0.15, 0.2) is 5.16 Å². The van der Waals surface area contributed by atoms with Crippen molar-refractivity contribution in [3.63, 3.8) is 0 Å². The Balaban J connectivity index is 2.26. The van der Waals surface area contributed by atoms with Gasteiger partial charge in [-0.2, -0.15) is 0 Å². The summed E-state index contributed by atoms with van der Waals surface area (Å²) in [7, 11) is 0. The van der Waals surface area contributed by atoms with E-state index in [1.807, 2.05) is 38.1 Å². The maximum absolute atomic E-state index is 12.4. The molecule has 7 heteroatoms. The number of nitrogens with zero attached hydrogens (tertiary/aromatic N) is 3. The summed E-state index contributed by atoms with van der Waals surface area (Å²) in [5.74, 6) is 0.493. The molecule has 1 aromatic heterocycles. The number of benzene rings is 1. The van der Waals surface area contributed by atoms with Crippen molar-refractivity contribution < 1.29 is 4.79 Å². The molecule has 0 radical (unpaired) electrons. The van der Waals surface area contributed by atoms with E-state index in [-0.39, 0.29) is 18.0 Å². The normalized spacial score (nSPS) is 10.7. The number of amides is 1. The quantitative estimate of drug-likeness (QED) is 0.546. The third-order valence-electron chi connectivity index (χ3n) is 3.83. The minimum atomic E-state index is -0.213. The zero-order valence-corrected chi connectivity index (χ0v) is 16.2. The summed E-state index contributed by atoms with van der Waals surface area (Å²) in [5, 5.41) is 1.21. The summed E-state index contributed by atoms with van der Waals surface area (Å²) in [5.41, 5.74) is 1.39. The maximum atomic E-state index is 12.4. The van der Waals surface area contributed by atoms with Gasteiger partial charge in [-0.05, 0) is 32.4 Å². The monoisotopic (exact) mass is 379 g/mol. The Morgan fingerprint density at radius 2 is 1.96 bits per heavy atom. The minimum Gasteiger partial charge on any atom is -0.342 e. The number of carbonyl (C=O) groups is 1. The fourth-order valence-corrected chi connectivity index (χ4v) is 3.76. The summed E-state index contributed by atoms with van der Waals surface area (Å²) in [6.07, 6.45) is 0. The molecule has 2 rings (SSSR count). The fourth-order valence-electron chi connectivity index (χ4n) is 2.42. The summed E-state index contributed by atoms with van der Waals surface area (Å²) in [4.78, 5) is 30.9. The van der Waals surface area contributed by atoms with Crippen LogP contribution in [0, 0.1) is 6.92 Å². The van der Waals surface area contributed by atoms with E-state index in [1.54, 1.807) is 11.8 Å². The largest absolute Gasteiger partial charge is 0.342 e. The third kappa shape index (κ3) is 5.09. The fraction of sp³-hybridized carbons (Fsp3) is 0.389. The molecule has 134 valence electrons. The lowest BCUT2D eigenvalue weighted by Crippen LogP contribution is -2.37. The first-order chi connectivity index (χ1) is 12.0. The van der Waals surface area contributed by atoms with Crippen LogP contribution in [-0.4, -0.2) is 33.4 Å². The van der Waals surface area contributed by atoms with E-state index in [0.717, 1.165) is 5.56 Å². The number of rotatable bonds is 7. The molecule has 0 aliphatic rings. The molecule has 25 heavy (non-hydrogen) atoms. The number of hydrogen-bond acceptors (Lipinski definition) is 4. The number of halogens is 1. The molecule has 0 unspecified atom stereocenters. The molecule has 0 atom stereocenters. The highest BCUT2D eigenvalue weighted by atomic mass is 35.5. The maximum Gasteiger partial charge on any atom is 0.254 e. The van der Waals surface area contributed by atoms with Crippen LogP contribution in [0.5, 0.6) is 0 Å². The summed E-state index contributed by atoms with van der Waals surface area (Å²) >= 11 is 7.60. The molecular formula is C18H22ClN3O2S. The van der Waals surface area contributed by atoms with Crippen molar-refractivity contribution in [3.05, 3.63) is 57.0 Å². The Kier molecular flexibility index (Phi) is 7.08. The third-order valence-corrected chi connectivity index (χ3v) is 5.22. The second-order valence-corrected chi connectivity index (χ2v) is 6.90. The molecule has 0 saturated carbocycles. The molecule has 0 spiro atoms. The molecule has 2 aromatic rings. The molecule has 0 aliphatic heterocycles. The first-order valence-electron chi connectivity index (χ1n) is 8.18. The first-order valence-corrected chi connectivity index (χ1v) is 9.55. The van der Waals surface area contributed by atoms with E-state index < -0.39 is 0 Å². The van der Waals surface area contributed by atoms with Crippen molar-refractivity contribution in [1.82, 2.24) is 14.5 Å². The second kappa shape index (κ2) is 9.06. The van der Waals surface area contributed by atoms with Gasteiger partial charge in [-0.15, -0.1) is 0 Å². The van der Waals surface area contributed by atoms with E-state index in [2.05, 4.69) is 4.98 Å². The smallest absolute Gasteiger partial charge is 0.254 e. The van der Waals surface area contributed by atoms with Crippen molar-refractivity contribution in [2.75, 3.05) is 13.1 Å². The van der Waals surface area contributed by atoms with Gasteiger partial charge in [0.25, 0.3) is 5.56 Å². The Morgan fingerprint density at radius 1 is 1.28 bits per heavy atom. The standard InChI is InChI=1S/C18H22ClN3O2S/c1-4-21(5-2)17(24)11-22-16(23)10-13(3)20-18(22)25-12-14-8-6-7-9-15(14)19/h6-10H,4-5,11-12H2,1-3H3. The molecule has 0 fully saturated rings. The zero-order valence-electron chi connectivity index (χ0n) is 14.7. The predicted octanol–water partition coefficient (Wildman–Crippen LogP) is 3.37. The molecular weight excluding hydrogens is 358 g/mol. The van der Waals surface area contributed by atoms with Crippen molar-refractivity contribution in [2.24, 2.45) is 0 Å². The molecule has 1 amide bonds. The minimum absolute atomic E-state index is 0.00134. The summed E-state index contributed by atoms with van der Waals surface area (Å²) in [6, 6.07) is 9.02. The molecule has 1 heterocycles. The van der Waals surface area contributed by atoms with Gasteiger partial charge in [0, 0.05) is 35.6 Å². The lowest BCUT2D eigenvalue weighted by Gasteiger charge is -2.20. The lowest BCUT2D eigenvalue weighted by atomic mass is 10.2.